The first kappa shape index (κ1) is 21.0. The molecule has 1 saturated heterocycles. The highest BCUT2D eigenvalue weighted by atomic mass is 16.5. The molecule has 0 aromatic heterocycles. The number of guanidine groups is 1. The van der Waals surface area contributed by atoms with Gasteiger partial charge >= 0.3 is 0 Å². The first-order chi connectivity index (χ1) is 14.2. The van der Waals surface area contributed by atoms with Crippen LogP contribution in [0.4, 0.5) is 5.69 Å². The molecule has 1 aliphatic rings. The minimum atomic E-state index is 0.451. The summed E-state index contributed by atoms with van der Waals surface area (Å²) in [7, 11) is 3.49. The second-order valence-corrected chi connectivity index (χ2v) is 7.36. The summed E-state index contributed by atoms with van der Waals surface area (Å²) in [6, 6.07) is 19.2. The van der Waals surface area contributed by atoms with Gasteiger partial charge in [-0.05, 0) is 36.8 Å². The van der Waals surface area contributed by atoms with Gasteiger partial charge in [-0.3, -0.25) is 9.89 Å². The van der Waals surface area contributed by atoms with E-state index in [4.69, 9.17) is 4.74 Å². The molecule has 3 rings (SSSR count). The minimum absolute atomic E-state index is 0.451. The molecule has 1 heterocycles. The summed E-state index contributed by atoms with van der Waals surface area (Å²) in [6.45, 7) is 8.17. The summed E-state index contributed by atoms with van der Waals surface area (Å²) in [6.07, 6.45) is 0. The van der Waals surface area contributed by atoms with Crippen molar-refractivity contribution in [2.75, 3.05) is 51.8 Å². The summed E-state index contributed by atoms with van der Waals surface area (Å²) in [5.74, 6) is 1.70. The zero-order chi connectivity index (χ0) is 20.5. The first-order valence-corrected chi connectivity index (χ1v) is 10.3. The molecule has 1 aliphatic heterocycles. The van der Waals surface area contributed by atoms with Gasteiger partial charge in [0.2, 0.25) is 0 Å². The lowest BCUT2D eigenvalue weighted by atomic mass is 10.2. The van der Waals surface area contributed by atoms with Crippen LogP contribution in [0.3, 0.4) is 0 Å². The normalized spacial score (nSPS) is 16.4. The Morgan fingerprint density at radius 2 is 1.69 bits per heavy atom. The van der Waals surface area contributed by atoms with Crippen molar-refractivity contribution in [3.8, 4) is 5.75 Å². The van der Waals surface area contributed by atoms with E-state index in [9.17, 15) is 0 Å². The van der Waals surface area contributed by atoms with Crippen LogP contribution in [0.15, 0.2) is 59.6 Å². The van der Waals surface area contributed by atoms with E-state index in [1.165, 1.54) is 11.3 Å². The van der Waals surface area contributed by atoms with E-state index in [0.717, 1.165) is 51.0 Å². The fraction of sp³-hybridized carbons (Fsp3) is 0.435. The van der Waals surface area contributed by atoms with E-state index in [-0.39, 0.29) is 0 Å². The molecule has 2 aromatic rings. The topological polar surface area (TPSA) is 52.1 Å². The lowest BCUT2D eigenvalue weighted by molar-refractivity contribution is 0.197. The predicted octanol–water partition coefficient (Wildman–Crippen LogP) is 2.57. The van der Waals surface area contributed by atoms with Crippen LogP contribution >= 0.6 is 0 Å². The monoisotopic (exact) mass is 395 g/mol. The predicted molar refractivity (Wildman–Crippen MR) is 121 cm³/mol. The van der Waals surface area contributed by atoms with E-state index in [2.05, 4.69) is 74.8 Å². The molecule has 2 aromatic carbocycles. The first-order valence-electron chi connectivity index (χ1n) is 10.3. The van der Waals surface area contributed by atoms with Crippen molar-refractivity contribution < 1.29 is 4.74 Å². The lowest BCUT2D eigenvalue weighted by Crippen LogP contribution is -2.53. The Bertz CT molecular complexity index is 755. The molecule has 29 heavy (non-hydrogen) atoms. The van der Waals surface area contributed by atoms with Crippen LogP contribution in [0.25, 0.3) is 0 Å². The van der Waals surface area contributed by atoms with Gasteiger partial charge < -0.3 is 20.3 Å². The van der Waals surface area contributed by atoms with Crippen LogP contribution < -0.4 is 20.3 Å². The smallest absolute Gasteiger partial charge is 0.191 e. The van der Waals surface area contributed by atoms with Crippen LogP contribution in [0, 0.1) is 0 Å². The maximum Gasteiger partial charge on any atom is 0.191 e. The number of nitrogens with zero attached hydrogens (tertiary/aromatic N) is 3. The highest BCUT2D eigenvalue weighted by molar-refractivity contribution is 5.79. The molecule has 0 radical (unpaired) electrons. The summed E-state index contributed by atoms with van der Waals surface area (Å²) in [4.78, 5) is 9.36. The van der Waals surface area contributed by atoms with Crippen LogP contribution in [0.2, 0.25) is 0 Å². The molecule has 1 fully saturated rings. The van der Waals surface area contributed by atoms with Crippen LogP contribution in [-0.4, -0.2) is 63.8 Å². The molecule has 2 N–H and O–H groups in total. The SMILES string of the molecule is CN=C(NCc1ccc(OC)cc1)NCC(C)N1CCN(c2ccccc2)CC1. The maximum atomic E-state index is 5.21. The zero-order valence-corrected chi connectivity index (χ0v) is 17.8. The van der Waals surface area contributed by atoms with Crippen molar-refractivity contribution in [2.24, 2.45) is 4.99 Å². The highest BCUT2D eigenvalue weighted by Crippen LogP contribution is 2.16. The number of methoxy groups -OCH3 is 1. The van der Waals surface area contributed by atoms with Gasteiger partial charge in [0.1, 0.15) is 5.75 Å². The van der Waals surface area contributed by atoms with Crippen LogP contribution in [-0.2, 0) is 6.54 Å². The molecular formula is C23H33N5O. The van der Waals surface area contributed by atoms with Crippen molar-refractivity contribution in [2.45, 2.75) is 19.5 Å². The van der Waals surface area contributed by atoms with Gasteiger partial charge in [0, 0.05) is 58.0 Å². The third kappa shape index (κ3) is 6.12. The number of rotatable bonds is 7. The number of anilines is 1. The number of benzene rings is 2. The van der Waals surface area contributed by atoms with Gasteiger partial charge in [-0.1, -0.05) is 30.3 Å². The van der Waals surface area contributed by atoms with E-state index in [1.807, 2.05) is 19.2 Å². The van der Waals surface area contributed by atoms with E-state index >= 15 is 0 Å². The molecule has 0 aliphatic carbocycles. The fourth-order valence-electron chi connectivity index (χ4n) is 3.58. The van der Waals surface area contributed by atoms with Gasteiger partial charge in [-0.25, -0.2) is 0 Å². The van der Waals surface area contributed by atoms with Gasteiger partial charge in [0.25, 0.3) is 0 Å². The average molecular weight is 396 g/mol. The molecule has 6 nitrogen and oxygen atoms in total. The van der Waals surface area contributed by atoms with Crippen molar-refractivity contribution in [1.29, 1.82) is 0 Å². The quantitative estimate of drug-likeness (QED) is 0.557. The van der Waals surface area contributed by atoms with E-state index < -0.39 is 0 Å². The molecule has 6 heteroatoms. The number of nitrogens with one attached hydrogen (secondary N) is 2. The van der Waals surface area contributed by atoms with Gasteiger partial charge in [-0.2, -0.15) is 0 Å². The minimum Gasteiger partial charge on any atom is -0.497 e. The standard InChI is InChI=1S/C23H33N5O/c1-19(27-13-15-28(16-14-27)21-7-5-4-6-8-21)17-25-23(24-2)26-18-20-9-11-22(29-3)12-10-20/h4-12,19H,13-18H2,1-3H3,(H2,24,25,26). The molecule has 156 valence electrons. The van der Waals surface area contributed by atoms with Crippen LogP contribution in [0.5, 0.6) is 5.75 Å². The maximum absolute atomic E-state index is 5.21. The third-order valence-corrected chi connectivity index (χ3v) is 5.47. The number of aliphatic imine (C=N–C) groups is 1. The van der Waals surface area contributed by atoms with Gasteiger partial charge in [0.15, 0.2) is 5.96 Å². The number of piperazine rings is 1. The molecule has 0 saturated carbocycles. The van der Waals surface area contributed by atoms with E-state index in [0.29, 0.717) is 6.04 Å². The molecule has 0 spiro atoms. The van der Waals surface area contributed by atoms with E-state index in [1.54, 1.807) is 7.11 Å². The number of hydrogen-bond acceptors (Lipinski definition) is 4. The molecule has 1 atom stereocenters. The second kappa shape index (κ2) is 10.7. The average Bonchev–Trinajstić information content (AvgIpc) is 2.80. The summed E-state index contributed by atoms with van der Waals surface area (Å²) in [5.41, 5.74) is 2.51. The van der Waals surface area contributed by atoms with Gasteiger partial charge in [-0.15, -0.1) is 0 Å². The molecular weight excluding hydrogens is 362 g/mol. The fourth-order valence-corrected chi connectivity index (χ4v) is 3.58. The molecule has 1 unspecified atom stereocenters. The number of hydrogen-bond donors (Lipinski definition) is 2. The Morgan fingerprint density at radius 3 is 2.31 bits per heavy atom. The highest BCUT2D eigenvalue weighted by Gasteiger charge is 2.21. The summed E-state index contributed by atoms with van der Waals surface area (Å²) >= 11 is 0. The molecule has 0 amide bonds. The van der Waals surface area contributed by atoms with Crippen molar-refractivity contribution in [3.05, 3.63) is 60.2 Å². The van der Waals surface area contributed by atoms with Crippen molar-refractivity contribution in [3.63, 3.8) is 0 Å². The Labute approximate surface area is 174 Å². The zero-order valence-electron chi connectivity index (χ0n) is 17.8. The largest absolute Gasteiger partial charge is 0.497 e. The van der Waals surface area contributed by atoms with Crippen molar-refractivity contribution >= 4 is 11.6 Å². The second-order valence-electron chi connectivity index (χ2n) is 7.36. The Morgan fingerprint density at radius 1 is 1.00 bits per heavy atom. The third-order valence-electron chi connectivity index (χ3n) is 5.47. The Kier molecular flexibility index (Phi) is 7.76. The number of para-hydroxylation sites is 1. The van der Waals surface area contributed by atoms with Crippen molar-refractivity contribution in [1.82, 2.24) is 15.5 Å². The lowest BCUT2D eigenvalue weighted by Gasteiger charge is -2.39. The Balaban J connectivity index is 1.40. The van der Waals surface area contributed by atoms with Gasteiger partial charge in [0.05, 0.1) is 7.11 Å². The van der Waals surface area contributed by atoms with Crippen LogP contribution in [0.1, 0.15) is 12.5 Å². The summed E-state index contributed by atoms with van der Waals surface area (Å²) in [5, 5.41) is 6.84. The summed E-state index contributed by atoms with van der Waals surface area (Å²) < 4.78 is 5.21. The number of ether oxygens (including phenoxy) is 1. The molecule has 0 bridgehead atoms. The Hall–Kier alpha value is -2.73.